The molecule has 1 N–H and O–H groups in total. The average molecular weight is 574 g/mol. The van der Waals surface area contributed by atoms with Gasteiger partial charge in [-0.05, 0) is 52.1 Å². The van der Waals surface area contributed by atoms with Crippen LogP contribution in [0.4, 0.5) is 23.2 Å². The molecule has 1 aliphatic rings. The topological polar surface area (TPSA) is 93.5 Å². The van der Waals surface area contributed by atoms with Gasteiger partial charge in [0.2, 0.25) is 11.7 Å². The fourth-order valence-electron chi connectivity index (χ4n) is 4.75. The second-order valence-corrected chi connectivity index (χ2v) is 11.2. The number of fused-ring (bicyclic) bond motifs is 1. The van der Waals surface area contributed by atoms with Crippen LogP contribution >= 0.6 is 0 Å². The molecule has 3 aromatic heterocycles. The molecular formula is C28H31F4N7O2. The summed E-state index contributed by atoms with van der Waals surface area (Å²) in [5.41, 5.74) is 1.29. The first-order chi connectivity index (χ1) is 19.3. The van der Waals surface area contributed by atoms with E-state index < -0.39 is 18.9 Å². The van der Waals surface area contributed by atoms with Crippen molar-refractivity contribution in [3.05, 3.63) is 54.2 Å². The zero-order valence-corrected chi connectivity index (χ0v) is 23.2. The van der Waals surface area contributed by atoms with Gasteiger partial charge >= 0.3 is 6.18 Å². The van der Waals surface area contributed by atoms with Crippen LogP contribution in [0.1, 0.15) is 43.4 Å². The first kappa shape index (κ1) is 28.5. The van der Waals surface area contributed by atoms with Gasteiger partial charge in [-0.2, -0.15) is 18.2 Å². The van der Waals surface area contributed by atoms with Crippen LogP contribution in [0.3, 0.4) is 0 Å². The van der Waals surface area contributed by atoms with Gasteiger partial charge in [0.1, 0.15) is 6.54 Å². The van der Waals surface area contributed by atoms with E-state index >= 15 is 0 Å². The smallest absolute Gasteiger partial charge is 0.348 e. The summed E-state index contributed by atoms with van der Waals surface area (Å²) in [4.78, 5) is 23.2. The number of amides is 1. The first-order valence-corrected chi connectivity index (χ1v) is 13.2. The highest BCUT2D eigenvalue weighted by molar-refractivity contribution is 5.99. The van der Waals surface area contributed by atoms with Crippen molar-refractivity contribution < 1.29 is 26.9 Å². The van der Waals surface area contributed by atoms with Crippen LogP contribution in [0.2, 0.25) is 0 Å². The maximum absolute atomic E-state index is 14.7. The molecule has 4 heterocycles. The number of nitrogens with one attached hydrogen (secondary N) is 1. The summed E-state index contributed by atoms with van der Waals surface area (Å²) < 4.78 is 63.8. The number of carbonyl (C=O) groups excluding carboxylic acids is 1. The summed E-state index contributed by atoms with van der Waals surface area (Å²) in [6.45, 7) is 5.46. The summed E-state index contributed by atoms with van der Waals surface area (Å²) in [6.07, 6.45) is -1.85. The Kier molecular flexibility index (Phi) is 7.49. The molecule has 5 rings (SSSR count). The van der Waals surface area contributed by atoms with Gasteiger partial charge in [-0.15, -0.1) is 0 Å². The molecule has 0 unspecified atom stereocenters. The SMILES string of the molecule is CN1CC/C(=N\c2cccc3c2cc(-c2noc(CNC(=O)c4ccn(C(C)(C)C)c4)n2)n3CC(F)(F)F)[C@@H](F)C1. The van der Waals surface area contributed by atoms with E-state index in [0.29, 0.717) is 35.3 Å². The Labute approximate surface area is 233 Å². The van der Waals surface area contributed by atoms with Gasteiger partial charge in [-0.25, -0.2) is 4.39 Å². The van der Waals surface area contributed by atoms with Crippen LogP contribution in [0.25, 0.3) is 22.4 Å². The Hall–Kier alpha value is -4.00. The number of hydrogen-bond donors (Lipinski definition) is 1. The minimum absolute atomic E-state index is 0.0273. The van der Waals surface area contributed by atoms with Gasteiger partial charge in [0.25, 0.3) is 5.91 Å². The molecule has 1 fully saturated rings. The lowest BCUT2D eigenvalue weighted by molar-refractivity contribution is -0.139. The van der Waals surface area contributed by atoms with E-state index in [1.165, 1.54) is 6.07 Å². The lowest BCUT2D eigenvalue weighted by atomic mass is 10.1. The molecule has 1 saturated heterocycles. The van der Waals surface area contributed by atoms with Crippen molar-refractivity contribution in [3.63, 3.8) is 0 Å². The Morgan fingerprint density at radius 1 is 1.22 bits per heavy atom. The third kappa shape index (κ3) is 6.34. The van der Waals surface area contributed by atoms with Crippen LogP contribution in [-0.4, -0.2) is 68.3 Å². The Morgan fingerprint density at radius 3 is 2.68 bits per heavy atom. The molecule has 1 aromatic carbocycles. The summed E-state index contributed by atoms with van der Waals surface area (Å²) in [5.74, 6) is -0.405. The molecule has 1 atom stereocenters. The molecule has 13 heteroatoms. The molecule has 1 amide bonds. The molecule has 0 bridgehead atoms. The van der Waals surface area contributed by atoms with Crippen LogP contribution in [0.15, 0.2) is 52.2 Å². The molecular weight excluding hydrogens is 542 g/mol. The number of aliphatic imine (C=N–C) groups is 1. The molecule has 0 spiro atoms. The minimum Gasteiger partial charge on any atom is -0.348 e. The highest BCUT2D eigenvalue weighted by Crippen LogP contribution is 2.35. The molecule has 0 radical (unpaired) electrons. The highest BCUT2D eigenvalue weighted by Gasteiger charge is 2.31. The standard InChI is InChI=1S/C28H31F4N7O2/c1-27(2,3)38-11-8-17(14-38)26(40)33-13-24-35-25(36-41-24)23-12-18-20(34-21-9-10-37(4)15-19(21)29)6-5-7-22(18)39(23)16-28(30,31)32/h5-8,11-12,14,19H,9-10,13,15-16H2,1-4H3,(H,33,40)/b34-21+/t19-/m0/s1. The number of halogens is 4. The normalized spacial score (nSPS) is 18.0. The Morgan fingerprint density at radius 2 is 2.00 bits per heavy atom. The van der Waals surface area contributed by atoms with E-state index in [9.17, 15) is 22.4 Å². The van der Waals surface area contributed by atoms with Crippen molar-refractivity contribution in [2.45, 2.75) is 58.2 Å². The molecule has 41 heavy (non-hydrogen) atoms. The molecule has 0 saturated carbocycles. The maximum atomic E-state index is 14.7. The highest BCUT2D eigenvalue weighted by atomic mass is 19.4. The number of likely N-dealkylation sites (tertiary alicyclic amines) is 1. The molecule has 4 aromatic rings. The number of carbonyl (C=O) groups is 1. The van der Waals surface area contributed by atoms with Gasteiger partial charge in [0.05, 0.1) is 34.7 Å². The molecule has 9 nitrogen and oxygen atoms in total. The van der Waals surface area contributed by atoms with E-state index in [2.05, 4.69) is 20.4 Å². The van der Waals surface area contributed by atoms with Gasteiger partial charge in [-0.3, -0.25) is 9.79 Å². The zero-order chi connectivity index (χ0) is 29.5. The van der Waals surface area contributed by atoms with E-state index in [1.54, 1.807) is 36.7 Å². The maximum Gasteiger partial charge on any atom is 0.406 e. The van der Waals surface area contributed by atoms with E-state index in [-0.39, 0.29) is 47.5 Å². The van der Waals surface area contributed by atoms with E-state index in [1.807, 2.05) is 37.3 Å². The number of nitrogens with zero attached hydrogens (tertiary/aromatic N) is 6. The predicted molar refractivity (Wildman–Crippen MR) is 146 cm³/mol. The fraction of sp³-hybridized carbons (Fsp3) is 0.429. The lowest BCUT2D eigenvalue weighted by Gasteiger charge is -2.26. The fourth-order valence-corrected chi connectivity index (χ4v) is 4.75. The van der Waals surface area contributed by atoms with Crippen LogP contribution in [0.5, 0.6) is 0 Å². The number of rotatable bonds is 6. The van der Waals surface area contributed by atoms with E-state index in [4.69, 9.17) is 4.52 Å². The molecule has 0 aliphatic carbocycles. The van der Waals surface area contributed by atoms with Crippen molar-refractivity contribution in [3.8, 4) is 11.5 Å². The van der Waals surface area contributed by atoms with Gasteiger partial charge in [0.15, 0.2) is 6.17 Å². The predicted octanol–water partition coefficient (Wildman–Crippen LogP) is 5.49. The van der Waals surface area contributed by atoms with Crippen molar-refractivity contribution in [1.29, 1.82) is 0 Å². The summed E-state index contributed by atoms with van der Waals surface area (Å²) in [5, 5.41) is 7.00. The van der Waals surface area contributed by atoms with Gasteiger partial charge in [-0.1, -0.05) is 11.2 Å². The van der Waals surface area contributed by atoms with E-state index in [0.717, 1.165) is 4.57 Å². The number of piperidine rings is 1. The molecule has 218 valence electrons. The lowest BCUT2D eigenvalue weighted by Crippen LogP contribution is -2.39. The Balaban J connectivity index is 1.43. The quantitative estimate of drug-likeness (QED) is 0.308. The van der Waals surface area contributed by atoms with Crippen molar-refractivity contribution in [2.75, 3.05) is 20.1 Å². The van der Waals surface area contributed by atoms with Gasteiger partial charge < -0.3 is 23.9 Å². The van der Waals surface area contributed by atoms with Crippen LogP contribution in [-0.2, 0) is 18.6 Å². The van der Waals surface area contributed by atoms with Crippen molar-refractivity contribution in [1.82, 2.24) is 29.5 Å². The summed E-state index contributed by atoms with van der Waals surface area (Å²) in [7, 11) is 1.82. The van der Waals surface area contributed by atoms with Crippen LogP contribution < -0.4 is 5.32 Å². The zero-order valence-electron chi connectivity index (χ0n) is 23.2. The van der Waals surface area contributed by atoms with Crippen molar-refractivity contribution in [2.24, 2.45) is 4.99 Å². The summed E-state index contributed by atoms with van der Waals surface area (Å²) in [6, 6.07) is 7.97. The minimum atomic E-state index is -4.54. The number of alkyl halides is 4. The second kappa shape index (κ2) is 10.8. The monoisotopic (exact) mass is 573 g/mol. The van der Waals surface area contributed by atoms with Crippen LogP contribution in [0, 0.1) is 0 Å². The second-order valence-electron chi connectivity index (χ2n) is 11.2. The largest absolute Gasteiger partial charge is 0.406 e. The first-order valence-electron chi connectivity index (χ1n) is 13.2. The van der Waals surface area contributed by atoms with Gasteiger partial charge in [0, 0.05) is 42.8 Å². The van der Waals surface area contributed by atoms with Crippen molar-refractivity contribution >= 4 is 28.2 Å². The number of aromatic nitrogens is 4. The number of hydrogen-bond acceptors (Lipinski definition) is 6. The summed E-state index contributed by atoms with van der Waals surface area (Å²) >= 11 is 0. The average Bonchev–Trinajstić information content (AvgIpc) is 3.63. The third-order valence-electron chi connectivity index (χ3n) is 6.93. The number of benzene rings is 1. The Bertz CT molecular complexity index is 1590. The third-order valence-corrected chi connectivity index (χ3v) is 6.93. The molecule has 1 aliphatic heterocycles.